The number of hydrogen-bond acceptors (Lipinski definition) is 3. The Labute approximate surface area is 98.8 Å². The van der Waals surface area contributed by atoms with E-state index in [1.54, 1.807) is 0 Å². The fourth-order valence-corrected chi connectivity index (χ4v) is 2.60. The smallest absolute Gasteiger partial charge is 0.149 e. The van der Waals surface area contributed by atoms with E-state index in [9.17, 15) is 4.79 Å². The maximum atomic E-state index is 11.7. The first-order chi connectivity index (χ1) is 7.65. The molecule has 2 fully saturated rings. The Morgan fingerprint density at radius 2 is 1.81 bits per heavy atom. The monoisotopic (exact) mass is 224 g/mol. The molecule has 1 aliphatic heterocycles. The summed E-state index contributed by atoms with van der Waals surface area (Å²) in [6, 6.07) is 0. The first-order valence-corrected chi connectivity index (χ1v) is 6.55. The van der Waals surface area contributed by atoms with Crippen LogP contribution in [0.2, 0.25) is 0 Å². The largest absolute Gasteiger partial charge is 0.309 e. The lowest BCUT2D eigenvalue weighted by Gasteiger charge is -2.32. The summed E-state index contributed by atoms with van der Waals surface area (Å²) in [6.45, 7) is 4.16. The summed E-state index contributed by atoms with van der Waals surface area (Å²) in [5.41, 5.74) is 0. The predicted molar refractivity (Wildman–Crippen MR) is 65.4 cm³/mol. The molecule has 1 heterocycles. The number of carbonyl (C=O) groups excluding carboxylic acids is 1. The van der Waals surface area contributed by atoms with Gasteiger partial charge in [-0.2, -0.15) is 0 Å². The third-order valence-electron chi connectivity index (χ3n) is 3.74. The number of carbonyl (C=O) groups is 1. The van der Waals surface area contributed by atoms with Crippen molar-refractivity contribution >= 4 is 5.78 Å². The first kappa shape index (κ1) is 12.1. The van der Waals surface area contributed by atoms with Crippen LogP contribution in [0.4, 0.5) is 0 Å². The van der Waals surface area contributed by atoms with Crippen molar-refractivity contribution in [1.82, 2.24) is 9.80 Å². The molecule has 0 radical (unpaired) electrons. The highest BCUT2D eigenvalue weighted by molar-refractivity contribution is 5.84. The molecule has 0 N–H and O–H groups in total. The third kappa shape index (κ3) is 3.56. The minimum absolute atomic E-state index is 0.430. The molecule has 1 saturated carbocycles. The molecule has 16 heavy (non-hydrogen) atoms. The number of nitrogens with zero attached hydrogens (tertiary/aromatic N) is 2. The zero-order chi connectivity index (χ0) is 11.5. The van der Waals surface area contributed by atoms with Crippen LogP contribution in [0.15, 0.2) is 0 Å². The average molecular weight is 224 g/mol. The van der Waals surface area contributed by atoms with Crippen molar-refractivity contribution in [1.29, 1.82) is 0 Å². The van der Waals surface area contributed by atoms with E-state index >= 15 is 0 Å². The van der Waals surface area contributed by atoms with Gasteiger partial charge in [0, 0.05) is 12.5 Å². The maximum Gasteiger partial charge on any atom is 0.149 e. The van der Waals surface area contributed by atoms with E-state index in [0.717, 1.165) is 38.4 Å². The van der Waals surface area contributed by atoms with Crippen LogP contribution >= 0.6 is 0 Å². The Kier molecular flexibility index (Phi) is 3.98. The summed E-state index contributed by atoms with van der Waals surface area (Å²) < 4.78 is 0. The van der Waals surface area contributed by atoms with Gasteiger partial charge in [0.2, 0.25) is 0 Å². The van der Waals surface area contributed by atoms with E-state index in [-0.39, 0.29) is 0 Å². The summed E-state index contributed by atoms with van der Waals surface area (Å²) in [4.78, 5) is 16.3. The SMILES string of the molecule is CN(C)CC1CCN(CC(=O)C2CC2)CC1. The van der Waals surface area contributed by atoms with E-state index in [4.69, 9.17) is 0 Å². The molecular formula is C13H24N2O. The maximum absolute atomic E-state index is 11.7. The van der Waals surface area contributed by atoms with Gasteiger partial charge in [0.15, 0.2) is 0 Å². The average Bonchev–Trinajstić information content (AvgIpc) is 3.03. The molecule has 1 saturated heterocycles. The van der Waals surface area contributed by atoms with E-state index in [1.165, 1.54) is 19.4 Å². The number of likely N-dealkylation sites (tertiary alicyclic amines) is 1. The van der Waals surface area contributed by atoms with Gasteiger partial charge in [-0.15, -0.1) is 0 Å². The Hall–Kier alpha value is -0.410. The lowest BCUT2D eigenvalue weighted by molar-refractivity contribution is -0.121. The van der Waals surface area contributed by atoms with Gasteiger partial charge in [-0.1, -0.05) is 0 Å². The summed E-state index contributed by atoms with van der Waals surface area (Å²) in [5, 5.41) is 0. The lowest BCUT2D eigenvalue weighted by Crippen LogP contribution is -2.40. The van der Waals surface area contributed by atoms with Crippen LogP contribution in [0.25, 0.3) is 0 Å². The van der Waals surface area contributed by atoms with Crippen molar-refractivity contribution in [2.24, 2.45) is 11.8 Å². The Morgan fingerprint density at radius 3 is 2.31 bits per heavy atom. The van der Waals surface area contributed by atoms with Crippen molar-refractivity contribution in [2.75, 3.05) is 40.3 Å². The Balaban J connectivity index is 1.66. The molecule has 0 aromatic heterocycles. The number of hydrogen-bond donors (Lipinski definition) is 0. The molecule has 0 aromatic rings. The molecule has 0 spiro atoms. The van der Waals surface area contributed by atoms with Crippen LogP contribution < -0.4 is 0 Å². The topological polar surface area (TPSA) is 23.6 Å². The molecule has 0 aromatic carbocycles. The Morgan fingerprint density at radius 1 is 1.19 bits per heavy atom. The normalized spacial score (nSPS) is 23.9. The zero-order valence-electron chi connectivity index (χ0n) is 10.6. The van der Waals surface area contributed by atoms with E-state index < -0.39 is 0 Å². The van der Waals surface area contributed by atoms with Crippen molar-refractivity contribution in [3.8, 4) is 0 Å². The quantitative estimate of drug-likeness (QED) is 0.702. The van der Waals surface area contributed by atoms with Crippen LogP contribution in [0.3, 0.4) is 0 Å². The van der Waals surface area contributed by atoms with Crippen molar-refractivity contribution in [3.05, 3.63) is 0 Å². The molecule has 3 heteroatoms. The number of Topliss-reactive ketones (excluding diaryl/α,β-unsaturated/α-hetero) is 1. The zero-order valence-corrected chi connectivity index (χ0v) is 10.6. The van der Waals surface area contributed by atoms with Gasteiger partial charge in [-0.25, -0.2) is 0 Å². The fourth-order valence-electron chi connectivity index (χ4n) is 2.60. The van der Waals surface area contributed by atoms with E-state index in [2.05, 4.69) is 23.9 Å². The molecule has 1 aliphatic carbocycles. The molecule has 0 bridgehead atoms. The summed E-state index contributed by atoms with van der Waals surface area (Å²) >= 11 is 0. The van der Waals surface area contributed by atoms with Gasteiger partial charge in [0.25, 0.3) is 0 Å². The second-order valence-corrected chi connectivity index (χ2v) is 5.72. The highest BCUT2D eigenvalue weighted by Crippen LogP contribution is 2.30. The van der Waals surface area contributed by atoms with Gasteiger partial charge in [-0.3, -0.25) is 9.69 Å². The minimum atomic E-state index is 0.430. The predicted octanol–water partition coefficient (Wildman–Crippen LogP) is 1.24. The summed E-state index contributed by atoms with van der Waals surface area (Å²) in [7, 11) is 4.28. The van der Waals surface area contributed by atoms with Gasteiger partial charge in [0.05, 0.1) is 6.54 Å². The second kappa shape index (κ2) is 5.28. The molecular weight excluding hydrogens is 200 g/mol. The van der Waals surface area contributed by atoms with Gasteiger partial charge in [0.1, 0.15) is 5.78 Å². The summed E-state index contributed by atoms with van der Waals surface area (Å²) in [5.74, 6) is 1.76. The van der Waals surface area contributed by atoms with Crippen LogP contribution in [0, 0.1) is 11.8 Å². The summed E-state index contributed by atoms with van der Waals surface area (Å²) in [6.07, 6.45) is 4.82. The highest BCUT2D eigenvalue weighted by Gasteiger charge is 2.31. The molecule has 92 valence electrons. The number of ketones is 1. The van der Waals surface area contributed by atoms with Crippen LogP contribution in [0.5, 0.6) is 0 Å². The highest BCUT2D eigenvalue weighted by atomic mass is 16.1. The van der Waals surface area contributed by atoms with Gasteiger partial charge >= 0.3 is 0 Å². The molecule has 3 nitrogen and oxygen atoms in total. The van der Waals surface area contributed by atoms with Gasteiger partial charge < -0.3 is 4.90 Å². The number of rotatable bonds is 5. The first-order valence-electron chi connectivity index (χ1n) is 6.55. The molecule has 0 amide bonds. The Bertz CT molecular complexity index is 240. The molecule has 2 aliphatic rings. The van der Waals surface area contributed by atoms with Gasteiger partial charge in [-0.05, 0) is 58.8 Å². The second-order valence-electron chi connectivity index (χ2n) is 5.72. The van der Waals surface area contributed by atoms with Crippen molar-refractivity contribution in [2.45, 2.75) is 25.7 Å². The fraction of sp³-hybridized carbons (Fsp3) is 0.923. The molecule has 0 unspecified atom stereocenters. The molecule has 2 rings (SSSR count). The number of piperidine rings is 1. The van der Waals surface area contributed by atoms with Crippen LogP contribution in [0.1, 0.15) is 25.7 Å². The van der Waals surface area contributed by atoms with E-state index in [0.29, 0.717) is 11.7 Å². The van der Waals surface area contributed by atoms with Crippen LogP contribution in [-0.2, 0) is 4.79 Å². The van der Waals surface area contributed by atoms with Crippen molar-refractivity contribution < 1.29 is 4.79 Å². The van der Waals surface area contributed by atoms with Crippen LogP contribution in [-0.4, -0.2) is 55.9 Å². The molecule has 0 atom stereocenters. The standard InChI is InChI=1S/C13H24N2O/c1-14(2)9-11-5-7-15(8-6-11)10-13(16)12-3-4-12/h11-12H,3-10H2,1-2H3. The lowest BCUT2D eigenvalue weighted by atomic mass is 9.96. The minimum Gasteiger partial charge on any atom is -0.309 e. The van der Waals surface area contributed by atoms with E-state index in [1.807, 2.05) is 0 Å². The van der Waals surface area contributed by atoms with Crippen molar-refractivity contribution in [3.63, 3.8) is 0 Å². The third-order valence-corrected chi connectivity index (χ3v) is 3.74.